The van der Waals surface area contributed by atoms with Crippen molar-refractivity contribution in [1.82, 2.24) is 0 Å². The molecule has 2 rings (SSSR count). The summed E-state index contributed by atoms with van der Waals surface area (Å²) in [7, 11) is 0.356. The van der Waals surface area contributed by atoms with E-state index in [1.54, 1.807) is 23.5 Å². The topological polar surface area (TPSA) is 20.3 Å². The summed E-state index contributed by atoms with van der Waals surface area (Å²) in [5, 5.41) is 0. The van der Waals surface area contributed by atoms with E-state index >= 15 is 0 Å². The maximum atomic E-state index is 13.1. The SMILES string of the molecule is Cc1ccc(S(=O)N(C)c2cccc(F)c2)cc1. The molecule has 0 heterocycles. The largest absolute Gasteiger partial charge is 0.291 e. The molecule has 0 N–H and O–H groups in total. The molecule has 0 amide bonds. The minimum absolute atomic E-state index is 0.333. The van der Waals surface area contributed by atoms with Gasteiger partial charge in [-0.05, 0) is 37.3 Å². The van der Waals surface area contributed by atoms with E-state index < -0.39 is 11.0 Å². The van der Waals surface area contributed by atoms with Gasteiger partial charge in [0, 0.05) is 7.05 Å². The fourth-order valence-electron chi connectivity index (χ4n) is 1.58. The third-order valence-electron chi connectivity index (χ3n) is 2.64. The smallest absolute Gasteiger partial charge is 0.152 e. The molecule has 0 aromatic heterocycles. The van der Waals surface area contributed by atoms with Crippen molar-refractivity contribution in [2.75, 3.05) is 11.4 Å². The molecule has 0 saturated carbocycles. The van der Waals surface area contributed by atoms with Crippen LogP contribution in [0.25, 0.3) is 0 Å². The Labute approximate surface area is 109 Å². The van der Waals surface area contributed by atoms with Crippen LogP contribution in [0.15, 0.2) is 53.4 Å². The van der Waals surface area contributed by atoms with Crippen LogP contribution in [0.5, 0.6) is 0 Å². The van der Waals surface area contributed by atoms with E-state index in [0.717, 1.165) is 5.56 Å². The van der Waals surface area contributed by atoms with Crippen LogP contribution in [-0.2, 0) is 11.0 Å². The van der Waals surface area contributed by atoms with Crippen molar-refractivity contribution in [3.63, 3.8) is 0 Å². The van der Waals surface area contributed by atoms with Crippen LogP contribution >= 0.6 is 0 Å². The van der Waals surface area contributed by atoms with Crippen LogP contribution in [0.3, 0.4) is 0 Å². The molecule has 94 valence electrons. The minimum Gasteiger partial charge on any atom is -0.291 e. The zero-order valence-corrected chi connectivity index (χ0v) is 11.1. The van der Waals surface area contributed by atoms with Crippen molar-refractivity contribution in [3.8, 4) is 0 Å². The summed E-state index contributed by atoms with van der Waals surface area (Å²) in [6, 6.07) is 13.5. The second kappa shape index (κ2) is 5.31. The van der Waals surface area contributed by atoms with E-state index in [9.17, 15) is 8.60 Å². The first-order valence-electron chi connectivity index (χ1n) is 5.56. The van der Waals surface area contributed by atoms with Crippen LogP contribution in [0.2, 0.25) is 0 Å². The molecule has 0 fully saturated rings. The van der Waals surface area contributed by atoms with Crippen molar-refractivity contribution in [1.29, 1.82) is 0 Å². The van der Waals surface area contributed by atoms with Gasteiger partial charge in [0.1, 0.15) is 5.82 Å². The zero-order valence-electron chi connectivity index (χ0n) is 10.3. The second-order valence-electron chi connectivity index (χ2n) is 4.04. The van der Waals surface area contributed by atoms with Crippen LogP contribution in [0.4, 0.5) is 10.1 Å². The van der Waals surface area contributed by atoms with Gasteiger partial charge in [-0.1, -0.05) is 23.8 Å². The fourth-order valence-corrected chi connectivity index (χ4v) is 2.57. The molecule has 2 aromatic carbocycles. The maximum absolute atomic E-state index is 13.1. The van der Waals surface area contributed by atoms with Gasteiger partial charge in [-0.2, -0.15) is 0 Å². The molecular formula is C14H14FNOS. The average Bonchev–Trinajstić information content (AvgIpc) is 2.38. The standard InChI is InChI=1S/C14H14FNOS/c1-11-6-8-14(9-7-11)18(17)16(2)13-5-3-4-12(15)10-13/h3-10H,1-2H3. The average molecular weight is 263 g/mol. The first-order valence-corrected chi connectivity index (χ1v) is 6.66. The van der Waals surface area contributed by atoms with Crippen molar-refractivity contribution in [2.45, 2.75) is 11.8 Å². The number of hydrogen-bond donors (Lipinski definition) is 0. The molecule has 0 aliphatic carbocycles. The van der Waals surface area contributed by atoms with Gasteiger partial charge in [0.15, 0.2) is 11.0 Å². The van der Waals surface area contributed by atoms with Crippen LogP contribution in [0, 0.1) is 12.7 Å². The van der Waals surface area contributed by atoms with Gasteiger partial charge in [-0.15, -0.1) is 0 Å². The van der Waals surface area contributed by atoms with Gasteiger partial charge in [-0.3, -0.25) is 4.31 Å². The molecule has 2 aromatic rings. The van der Waals surface area contributed by atoms with Gasteiger partial charge >= 0.3 is 0 Å². The normalized spacial score (nSPS) is 12.2. The van der Waals surface area contributed by atoms with Crippen molar-refractivity contribution in [3.05, 3.63) is 59.9 Å². The van der Waals surface area contributed by atoms with E-state index in [1.807, 2.05) is 31.2 Å². The molecule has 0 bridgehead atoms. The van der Waals surface area contributed by atoms with Gasteiger partial charge in [0.25, 0.3) is 0 Å². The first kappa shape index (κ1) is 12.8. The number of hydrogen-bond acceptors (Lipinski definition) is 1. The van der Waals surface area contributed by atoms with Gasteiger partial charge in [-0.25, -0.2) is 8.60 Å². The quantitative estimate of drug-likeness (QED) is 0.832. The molecule has 0 radical (unpaired) electrons. The highest BCUT2D eigenvalue weighted by atomic mass is 32.2. The predicted octanol–water partition coefficient (Wildman–Crippen LogP) is 3.29. The Hall–Kier alpha value is -1.68. The Bertz CT molecular complexity index is 568. The third-order valence-corrected chi connectivity index (χ3v) is 4.03. The molecule has 0 spiro atoms. The van der Waals surface area contributed by atoms with Gasteiger partial charge in [0.05, 0.1) is 10.6 Å². The number of anilines is 1. The molecular weight excluding hydrogens is 249 g/mol. The van der Waals surface area contributed by atoms with E-state index in [1.165, 1.54) is 12.1 Å². The first-order chi connectivity index (χ1) is 8.58. The molecule has 18 heavy (non-hydrogen) atoms. The van der Waals surface area contributed by atoms with Crippen LogP contribution < -0.4 is 4.31 Å². The molecule has 1 unspecified atom stereocenters. The van der Waals surface area contributed by atoms with Gasteiger partial charge in [0.2, 0.25) is 0 Å². The summed E-state index contributed by atoms with van der Waals surface area (Å²) in [6.45, 7) is 1.98. The Balaban J connectivity index is 2.26. The third kappa shape index (κ3) is 2.76. The molecule has 0 saturated heterocycles. The van der Waals surface area contributed by atoms with Crippen LogP contribution in [-0.4, -0.2) is 11.3 Å². The molecule has 1 atom stereocenters. The Morgan fingerprint density at radius 3 is 2.39 bits per heavy atom. The fraction of sp³-hybridized carbons (Fsp3) is 0.143. The summed E-state index contributed by atoms with van der Waals surface area (Å²) < 4.78 is 27.0. The monoisotopic (exact) mass is 263 g/mol. The van der Waals surface area contributed by atoms with E-state index in [2.05, 4.69) is 0 Å². The maximum Gasteiger partial charge on any atom is 0.152 e. The highest BCUT2D eigenvalue weighted by Gasteiger charge is 2.11. The summed E-state index contributed by atoms with van der Waals surface area (Å²) in [5.74, 6) is -0.333. The predicted molar refractivity (Wildman–Crippen MR) is 72.4 cm³/mol. The van der Waals surface area contributed by atoms with Gasteiger partial charge < -0.3 is 0 Å². The Morgan fingerprint density at radius 2 is 1.78 bits per heavy atom. The highest BCUT2D eigenvalue weighted by molar-refractivity contribution is 7.86. The Morgan fingerprint density at radius 1 is 1.11 bits per heavy atom. The minimum atomic E-state index is -1.33. The summed E-state index contributed by atoms with van der Waals surface area (Å²) in [4.78, 5) is 0.701. The highest BCUT2D eigenvalue weighted by Crippen LogP contribution is 2.19. The van der Waals surface area contributed by atoms with Crippen molar-refractivity contribution >= 4 is 16.7 Å². The molecule has 0 aliphatic rings. The summed E-state index contributed by atoms with van der Waals surface area (Å²) in [6.07, 6.45) is 0. The number of nitrogens with zero attached hydrogens (tertiary/aromatic N) is 1. The van der Waals surface area contributed by atoms with Crippen molar-refractivity contribution in [2.24, 2.45) is 0 Å². The number of benzene rings is 2. The van der Waals surface area contributed by atoms with E-state index in [0.29, 0.717) is 10.6 Å². The van der Waals surface area contributed by atoms with Crippen LogP contribution in [0.1, 0.15) is 5.56 Å². The molecule has 0 aliphatic heterocycles. The van der Waals surface area contributed by atoms with E-state index in [4.69, 9.17) is 0 Å². The number of aryl methyl sites for hydroxylation is 1. The second-order valence-corrected chi connectivity index (χ2v) is 5.56. The lowest BCUT2D eigenvalue weighted by Gasteiger charge is -2.18. The van der Waals surface area contributed by atoms with Crippen molar-refractivity contribution < 1.29 is 8.60 Å². The number of halogens is 1. The summed E-state index contributed by atoms with van der Waals surface area (Å²) in [5.41, 5.74) is 1.71. The summed E-state index contributed by atoms with van der Waals surface area (Å²) >= 11 is 0. The Kier molecular flexibility index (Phi) is 3.77. The zero-order chi connectivity index (χ0) is 13.1. The van der Waals surface area contributed by atoms with E-state index in [-0.39, 0.29) is 5.82 Å². The molecule has 2 nitrogen and oxygen atoms in total. The lowest BCUT2D eigenvalue weighted by atomic mass is 10.2. The lowest BCUT2D eigenvalue weighted by Crippen LogP contribution is -2.20. The number of rotatable bonds is 3. The lowest BCUT2D eigenvalue weighted by molar-refractivity contribution is 0.628. The molecule has 4 heteroatoms.